The van der Waals surface area contributed by atoms with Crippen LogP contribution in [0.2, 0.25) is 0 Å². The summed E-state index contributed by atoms with van der Waals surface area (Å²) < 4.78 is 0. The first-order valence-electron chi connectivity index (χ1n) is 4.13. The highest BCUT2D eigenvalue weighted by Crippen LogP contribution is 2.45. The van der Waals surface area contributed by atoms with Crippen molar-refractivity contribution in [1.82, 2.24) is 0 Å². The molecule has 66 valence electrons. The van der Waals surface area contributed by atoms with Gasteiger partial charge in [-0.05, 0) is 38.5 Å². The van der Waals surface area contributed by atoms with Gasteiger partial charge in [-0.3, -0.25) is 0 Å². The van der Waals surface area contributed by atoms with Gasteiger partial charge in [0.05, 0.1) is 5.60 Å². The van der Waals surface area contributed by atoms with E-state index in [4.69, 9.17) is 5.73 Å². The zero-order valence-corrected chi connectivity index (χ0v) is 7.49. The lowest BCUT2D eigenvalue weighted by molar-refractivity contribution is -0.0629. The molecule has 3 fully saturated rings. The average Bonchev–Trinajstić information content (AvgIpc) is 1.93. The van der Waals surface area contributed by atoms with E-state index in [0.717, 1.165) is 38.5 Å². The minimum absolute atomic E-state index is 0. The molecule has 3 aliphatic rings. The molecule has 0 heterocycles. The second-order valence-corrected chi connectivity index (χ2v) is 4.09. The highest BCUT2D eigenvalue weighted by molar-refractivity contribution is 5.85. The van der Waals surface area contributed by atoms with E-state index in [1.54, 1.807) is 0 Å². The quantitative estimate of drug-likeness (QED) is 0.584. The van der Waals surface area contributed by atoms with E-state index in [2.05, 4.69) is 0 Å². The van der Waals surface area contributed by atoms with Gasteiger partial charge in [-0.1, -0.05) is 0 Å². The van der Waals surface area contributed by atoms with Crippen molar-refractivity contribution in [2.75, 3.05) is 0 Å². The number of aliphatic hydroxyl groups is 1. The van der Waals surface area contributed by atoms with Crippen LogP contribution >= 0.6 is 12.4 Å². The Labute approximate surface area is 73.6 Å². The average molecular weight is 178 g/mol. The van der Waals surface area contributed by atoms with Gasteiger partial charge in [0.25, 0.3) is 0 Å². The summed E-state index contributed by atoms with van der Waals surface area (Å²) in [5, 5.41) is 9.78. The molecule has 0 atom stereocenters. The summed E-state index contributed by atoms with van der Waals surface area (Å²) >= 11 is 0. The van der Waals surface area contributed by atoms with Gasteiger partial charge in [-0.25, -0.2) is 0 Å². The molecule has 0 spiro atoms. The molecule has 11 heavy (non-hydrogen) atoms. The van der Waals surface area contributed by atoms with Crippen molar-refractivity contribution in [2.24, 2.45) is 5.73 Å². The lowest BCUT2D eigenvalue weighted by Gasteiger charge is -2.48. The largest absolute Gasteiger partial charge is 0.390 e. The maximum atomic E-state index is 9.78. The summed E-state index contributed by atoms with van der Waals surface area (Å²) in [6.45, 7) is 0. The molecule has 0 aliphatic heterocycles. The van der Waals surface area contributed by atoms with Crippen LogP contribution in [0.5, 0.6) is 0 Å². The second kappa shape index (κ2) is 2.61. The van der Waals surface area contributed by atoms with Crippen molar-refractivity contribution in [3.8, 4) is 0 Å². The first kappa shape index (κ1) is 9.30. The Kier molecular flexibility index (Phi) is 2.21. The summed E-state index contributed by atoms with van der Waals surface area (Å²) in [4.78, 5) is 0. The van der Waals surface area contributed by atoms with Crippen LogP contribution in [-0.4, -0.2) is 16.2 Å². The fourth-order valence-corrected chi connectivity index (χ4v) is 2.19. The normalized spacial score (nSPS) is 48.5. The molecule has 3 rings (SSSR count). The molecule has 0 unspecified atom stereocenters. The molecular weight excluding hydrogens is 162 g/mol. The zero-order valence-electron chi connectivity index (χ0n) is 6.68. The first-order chi connectivity index (χ1) is 4.62. The van der Waals surface area contributed by atoms with Gasteiger partial charge in [0.2, 0.25) is 0 Å². The SMILES string of the molecule is Cl.NC12CCC(O)(CC1)CC2. The van der Waals surface area contributed by atoms with Crippen LogP contribution in [0.4, 0.5) is 0 Å². The van der Waals surface area contributed by atoms with Gasteiger partial charge in [-0.15, -0.1) is 12.4 Å². The monoisotopic (exact) mass is 177 g/mol. The molecule has 0 aromatic carbocycles. The third-order valence-electron chi connectivity index (χ3n) is 3.26. The Morgan fingerprint density at radius 1 is 0.909 bits per heavy atom. The Balaban J connectivity index is 0.000000605. The Bertz CT molecular complexity index is 118. The molecule has 0 saturated heterocycles. The summed E-state index contributed by atoms with van der Waals surface area (Å²) in [5.41, 5.74) is 5.83. The summed E-state index contributed by atoms with van der Waals surface area (Å²) in [6, 6.07) is 0. The standard InChI is InChI=1S/C8H15NO.ClH/c9-7-1-4-8(10,5-2-7)6-3-7;/h10H,1-6,9H2;1H. The third kappa shape index (κ3) is 1.53. The van der Waals surface area contributed by atoms with E-state index in [-0.39, 0.29) is 23.5 Å². The number of hydrogen-bond acceptors (Lipinski definition) is 2. The van der Waals surface area contributed by atoms with Crippen LogP contribution in [0.25, 0.3) is 0 Å². The van der Waals surface area contributed by atoms with Crippen LogP contribution in [0.15, 0.2) is 0 Å². The van der Waals surface area contributed by atoms with Crippen molar-refractivity contribution >= 4 is 12.4 Å². The van der Waals surface area contributed by atoms with E-state index >= 15 is 0 Å². The predicted octanol–water partition coefficient (Wildman–Crippen LogP) is 1.20. The number of rotatable bonds is 0. The summed E-state index contributed by atoms with van der Waals surface area (Å²) in [6.07, 6.45) is 5.90. The minimum Gasteiger partial charge on any atom is -0.390 e. The lowest BCUT2D eigenvalue weighted by Crippen LogP contribution is -2.54. The molecular formula is C8H16ClNO. The predicted molar refractivity (Wildman–Crippen MR) is 46.8 cm³/mol. The van der Waals surface area contributed by atoms with Gasteiger partial charge >= 0.3 is 0 Å². The molecule has 2 bridgehead atoms. The van der Waals surface area contributed by atoms with Gasteiger partial charge in [0.15, 0.2) is 0 Å². The van der Waals surface area contributed by atoms with Gasteiger partial charge in [0.1, 0.15) is 0 Å². The van der Waals surface area contributed by atoms with Crippen molar-refractivity contribution in [2.45, 2.75) is 49.7 Å². The maximum absolute atomic E-state index is 9.78. The molecule has 3 saturated carbocycles. The molecule has 0 amide bonds. The van der Waals surface area contributed by atoms with Crippen LogP contribution in [0, 0.1) is 0 Å². The maximum Gasteiger partial charge on any atom is 0.0649 e. The van der Waals surface area contributed by atoms with E-state index in [1.165, 1.54) is 0 Å². The number of nitrogens with two attached hydrogens (primary N) is 1. The van der Waals surface area contributed by atoms with Crippen molar-refractivity contribution < 1.29 is 5.11 Å². The van der Waals surface area contributed by atoms with Gasteiger partial charge < -0.3 is 10.8 Å². The molecule has 2 nitrogen and oxygen atoms in total. The minimum atomic E-state index is -0.318. The molecule has 3 heteroatoms. The smallest absolute Gasteiger partial charge is 0.0649 e. The van der Waals surface area contributed by atoms with Crippen LogP contribution < -0.4 is 5.73 Å². The topological polar surface area (TPSA) is 46.2 Å². The fourth-order valence-electron chi connectivity index (χ4n) is 2.19. The molecule has 0 radical (unpaired) electrons. The van der Waals surface area contributed by atoms with Crippen molar-refractivity contribution in [1.29, 1.82) is 0 Å². The number of hydrogen-bond donors (Lipinski definition) is 2. The highest BCUT2D eigenvalue weighted by Gasteiger charge is 2.45. The Morgan fingerprint density at radius 3 is 1.55 bits per heavy atom. The third-order valence-corrected chi connectivity index (χ3v) is 3.26. The van der Waals surface area contributed by atoms with Crippen LogP contribution in [0.1, 0.15) is 38.5 Å². The van der Waals surface area contributed by atoms with Crippen LogP contribution in [0.3, 0.4) is 0 Å². The van der Waals surface area contributed by atoms with Crippen LogP contribution in [-0.2, 0) is 0 Å². The van der Waals surface area contributed by atoms with Gasteiger partial charge in [0, 0.05) is 5.54 Å². The summed E-state index contributed by atoms with van der Waals surface area (Å²) in [7, 11) is 0. The highest BCUT2D eigenvalue weighted by atomic mass is 35.5. The summed E-state index contributed by atoms with van der Waals surface area (Å²) in [5.74, 6) is 0. The zero-order chi connectivity index (χ0) is 7.24. The van der Waals surface area contributed by atoms with E-state index < -0.39 is 0 Å². The van der Waals surface area contributed by atoms with Gasteiger partial charge in [-0.2, -0.15) is 0 Å². The molecule has 0 aromatic rings. The van der Waals surface area contributed by atoms with Crippen molar-refractivity contribution in [3.63, 3.8) is 0 Å². The van der Waals surface area contributed by atoms with E-state index in [0.29, 0.717) is 0 Å². The fraction of sp³-hybridized carbons (Fsp3) is 1.00. The molecule has 3 N–H and O–H groups in total. The number of halogens is 1. The van der Waals surface area contributed by atoms with E-state index in [9.17, 15) is 5.11 Å². The molecule has 0 aromatic heterocycles. The molecule has 3 aliphatic carbocycles. The number of fused-ring (bicyclic) bond motifs is 3. The first-order valence-corrected chi connectivity index (χ1v) is 4.13. The Hall–Kier alpha value is 0.210. The van der Waals surface area contributed by atoms with E-state index in [1.807, 2.05) is 0 Å². The Morgan fingerprint density at radius 2 is 1.27 bits per heavy atom. The van der Waals surface area contributed by atoms with Crippen molar-refractivity contribution in [3.05, 3.63) is 0 Å². The second-order valence-electron chi connectivity index (χ2n) is 4.09. The lowest BCUT2D eigenvalue weighted by atomic mass is 9.64.